The third kappa shape index (κ3) is 3.67. The highest BCUT2D eigenvalue weighted by Gasteiger charge is 2.40. The summed E-state index contributed by atoms with van der Waals surface area (Å²) in [6.45, 7) is 0.697. The lowest BCUT2D eigenvalue weighted by molar-refractivity contribution is -0.131. The van der Waals surface area contributed by atoms with Gasteiger partial charge in [0.1, 0.15) is 6.04 Å². The molecule has 1 heterocycles. The number of carbonyl (C=O) groups excluding carboxylic acids is 2. The van der Waals surface area contributed by atoms with Crippen molar-refractivity contribution in [2.24, 2.45) is 5.73 Å². The van der Waals surface area contributed by atoms with E-state index >= 15 is 0 Å². The molecule has 1 aliphatic carbocycles. The number of benzene rings is 1. The normalized spacial score (nSPS) is 23.3. The van der Waals surface area contributed by atoms with E-state index in [0.29, 0.717) is 25.8 Å². The average molecular weight is 338 g/mol. The second-order valence-electron chi connectivity index (χ2n) is 6.36. The van der Waals surface area contributed by atoms with Gasteiger partial charge in [-0.2, -0.15) is 0 Å². The summed E-state index contributed by atoms with van der Waals surface area (Å²) in [7, 11) is 0. The molecule has 2 amide bonds. The number of halogens is 1. The molecule has 0 bridgehead atoms. The van der Waals surface area contributed by atoms with Crippen molar-refractivity contribution in [3.05, 3.63) is 30.3 Å². The molecule has 6 heteroatoms. The Labute approximate surface area is 143 Å². The predicted molar refractivity (Wildman–Crippen MR) is 92.6 cm³/mol. The first-order chi connectivity index (χ1) is 10.6. The fraction of sp³-hybridized carbons (Fsp3) is 0.529. The third-order valence-electron chi connectivity index (χ3n) is 4.76. The van der Waals surface area contributed by atoms with E-state index in [9.17, 15) is 9.59 Å². The maximum Gasteiger partial charge on any atom is 0.249 e. The standard InChI is InChI=1S/C17H23N3O2.ClH/c18-17(10-4-5-11-17)16(22)19-14-9-6-12-20(15(14)21)13-7-2-1-3-8-13;/h1-3,7-8,14H,4-6,9-12,18H2,(H,19,22);1H. The zero-order chi connectivity index (χ0) is 15.6. The van der Waals surface area contributed by atoms with Crippen molar-refractivity contribution < 1.29 is 9.59 Å². The fourth-order valence-electron chi connectivity index (χ4n) is 3.41. The molecule has 1 aromatic rings. The maximum absolute atomic E-state index is 12.7. The highest BCUT2D eigenvalue weighted by molar-refractivity contribution is 6.01. The molecule has 3 rings (SSSR count). The Morgan fingerprint density at radius 1 is 1.17 bits per heavy atom. The minimum absolute atomic E-state index is 0. The summed E-state index contributed by atoms with van der Waals surface area (Å²) in [5, 5.41) is 2.90. The van der Waals surface area contributed by atoms with Gasteiger partial charge in [0.2, 0.25) is 11.8 Å². The molecule has 1 aliphatic heterocycles. The zero-order valence-electron chi connectivity index (χ0n) is 13.2. The van der Waals surface area contributed by atoms with Gasteiger partial charge in [-0.15, -0.1) is 12.4 Å². The molecule has 1 saturated heterocycles. The molecule has 1 saturated carbocycles. The first-order valence-electron chi connectivity index (χ1n) is 8.06. The number of anilines is 1. The first-order valence-corrected chi connectivity index (χ1v) is 8.06. The van der Waals surface area contributed by atoms with Gasteiger partial charge in [0, 0.05) is 12.2 Å². The number of piperidine rings is 1. The van der Waals surface area contributed by atoms with Crippen LogP contribution in [0.2, 0.25) is 0 Å². The van der Waals surface area contributed by atoms with Gasteiger partial charge in [-0.25, -0.2) is 0 Å². The lowest BCUT2D eigenvalue weighted by Crippen LogP contribution is -2.59. The van der Waals surface area contributed by atoms with E-state index in [1.165, 1.54) is 0 Å². The molecule has 0 radical (unpaired) electrons. The average Bonchev–Trinajstić information content (AvgIpc) is 2.98. The molecular formula is C17H24ClN3O2. The molecule has 0 spiro atoms. The van der Waals surface area contributed by atoms with E-state index in [1.807, 2.05) is 30.3 Å². The number of nitrogens with zero attached hydrogens (tertiary/aromatic N) is 1. The SMILES string of the molecule is Cl.NC1(C(=O)NC2CCCN(c3ccccc3)C2=O)CCCC1. The highest BCUT2D eigenvalue weighted by Crippen LogP contribution is 2.28. The number of hydrogen-bond acceptors (Lipinski definition) is 3. The number of nitrogens with one attached hydrogen (secondary N) is 1. The van der Waals surface area contributed by atoms with Crippen LogP contribution in [0, 0.1) is 0 Å². The molecule has 1 atom stereocenters. The van der Waals surface area contributed by atoms with Crippen LogP contribution in [0.25, 0.3) is 0 Å². The Hall–Kier alpha value is -1.59. The molecule has 3 N–H and O–H groups in total. The molecule has 0 aromatic heterocycles. The topological polar surface area (TPSA) is 75.4 Å². The minimum atomic E-state index is -0.782. The van der Waals surface area contributed by atoms with Crippen molar-refractivity contribution in [3.8, 4) is 0 Å². The maximum atomic E-state index is 12.7. The summed E-state index contributed by atoms with van der Waals surface area (Å²) in [5.41, 5.74) is 6.28. The van der Waals surface area contributed by atoms with Crippen LogP contribution >= 0.6 is 12.4 Å². The van der Waals surface area contributed by atoms with Crippen LogP contribution in [-0.4, -0.2) is 29.9 Å². The van der Waals surface area contributed by atoms with Crippen LogP contribution in [0.4, 0.5) is 5.69 Å². The van der Waals surface area contributed by atoms with E-state index in [1.54, 1.807) is 4.90 Å². The van der Waals surface area contributed by atoms with Crippen molar-refractivity contribution in [2.75, 3.05) is 11.4 Å². The Balaban J connectivity index is 0.00000192. The number of nitrogens with two attached hydrogens (primary N) is 1. The predicted octanol–water partition coefficient (Wildman–Crippen LogP) is 1.99. The molecule has 1 unspecified atom stereocenters. The summed E-state index contributed by atoms with van der Waals surface area (Å²) >= 11 is 0. The Morgan fingerprint density at radius 3 is 2.48 bits per heavy atom. The van der Waals surface area contributed by atoms with Gasteiger partial charge in [-0.05, 0) is 37.8 Å². The van der Waals surface area contributed by atoms with Crippen molar-refractivity contribution in [1.82, 2.24) is 5.32 Å². The van der Waals surface area contributed by atoms with E-state index in [0.717, 1.165) is 24.9 Å². The van der Waals surface area contributed by atoms with E-state index in [2.05, 4.69) is 5.32 Å². The van der Waals surface area contributed by atoms with E-state index < -0.39 is 11.6 Å². The van der Waals surface area contributed by atoms with Crippen molar-refractivity contribution in [3.63, 3.8) is 0 Å². The Kier molecular flexibility index (Phi) is 5.65. The fourth-order valence-corrected chi connectivity index (χ4v) is 3.41. The van der Waals surface area contributed by atoms with Crippen molar-refractivity contribution >= 4 is 29.9 Å². The molecule has 23 heavy (non-hydrogen) atoms. The Bertz CT molecular complexity index is 558. The molecule has 126 valence electrons. The Morgan fingerprint density at radius 2 is 1.83 bits per heavy atom. The zero-order valence-corrected chi connectivity index (χ0v) is 14.0. The van der Waals surface area contributed by atoms with E-state index in [4.69, 9.17) is 5.73 Å². The summed E-state index contributed by atoms with van der Waals surface area (Å²) in [4.78, 5) is 26.8. The van der Waals surface area contributed by atoms with Crippen LogP contribution < -0.4 is 16.0 Å². The lowest BCUT2D eigenvalue weighted by atomic mass is 9.96. The summed E-state index contributed by atoms with van der Waals surface area (Å²) in [6.07, 6.45) is 4.95. The van der Waals surface area contributed by atoms with Gasteiger partial charge < -0.3 is 16.0 Å². The number of para-hydroxylation sites is 1. The third-order valence-corrected chi connectivity index (χ3v) is 4.76. The molecule has 2 aliphatic rings. The second-order valence-corrected chi connectivity index (χ2v) is 6.36. The largest absolute Gasteiger partial charge is 0.343 e. The minimum Gasteiger partial charge on any atom is -0.343 e. The highest BCUT2D eigenvalue weighted by atomic mass is 35.5. The van der Waals surface area contributed by atoms with Crippen LogP contribution in [0.3, 0.4) is 0 Å². The number of carbonyl (C=O) groups is 2. The van der Waals surface area contributed by atoms with Gasteiger partial charge in [0.15, 0.2) is 0 Å². The van der Waals surface area contributed by atoms with Crippen molar-refractivity contribution in [2.45, 2.75) is 50.1 Å². The van der Waals surface area contributed by atoms with Crippen LogP contribution in [-0.2, 0) is 9.59 Å². The van der Waals surface area contributed by atoms with Gasteiger partial charge in [-0.3, -0.25) is 9.59 Å². The summed E-state index contributed by atoms with van der Waals surface area (Å²) < 4.78 is 0. The number of rotatable bonds is 3. The molecular weight excluding hydrogens is 314 g/mol. The second kappa shape index (κ2) is 7.32. The smallest absolute Gasteiger partial charge is 0.249 e. The number of amides is 2. The van der Waals surface area contributed by atoms with Crippen molar-refractivity contribution in [1.29, 1.82) is 0 Å². The molecule has 1 aromatic carbocycles. The lowest BCUT2D eigenvalue weighted by Gasteiger charge is -2.34. The van der Waals surface area contributed by atoms with Gasteiger partial charge >= 0.3 is 0 Å². The van der Waals surface area contributed by atoms with Gasteiger partial charge in [0.05, 0.1) is 5.54 Å². The quantitative estimate of drug-likeness (QED) is 0.885. The summed E-state index contributed by atoms with van der Waals surface area (Å²) in [6, 6.07) is 9.14. The van der Waals surface area contributed by atoms with Crippen LogP contribution in [0.15, 0.2) is 30.3 Å². The monoisotopic (exact) mass is 337 g/mol. The van der Waals surface area contributed by atoms with Crippen LogP contribution in [0.1, 0.15) is 38.5 Å². The van der Waals surface area contributed by atoms with Crippen LogP contribution in [0.5, 0.6) is 0 Å². The molecule has 2 fully saturated rings. The number of hydrogen-bond donors (Lipinski definition) is 2. The molecule has 5 nitrogen and oxygen atoms in total. The van der Waals surface area contributed by atoms with E-state index in [-0.39, 0.29) is 24.2 Å². The first kappa shape index (κ1) is 17.8. The summed E-state index contributed by atoms with van der Waals surface area (Å²) in [5.74, 6) is -0.203. The van der Waals surface area contributed by atoms with Gasteiger partial charge in [0.25, 0.3) is 0 Å². The van der Waals surface area contributed by atoms with Gasteiger partial charge in [-0.1, -0.05) is 31.0 Å².